The first-order valence-corrected chi connectivity index (χ1v) is 4.99. The van der Waals surface area contributed by atoms with E-state index in [2.05, 4.69) is 0 Å². The van der Waals surface area contributed by atoms with Gasteiger partial charge in [0.2, 0.25) is 0 Å². The van der Waals surface area contributed by atoms with E-state index < -0.39 is 11.7 Å². The van der Waals surface area contributed by atoms with Crippen molar-refractivity contribution in [1.82, 2.24) is 0 Å². The van der Waals surface area contributed by atoms with Crippen LogP contribution in [0.2, 0.25) is 0 Å². The Hall–Kier alpha value is -1.45. The highest BCUT2D eigenvalue weighted by molar-refractivity contribution is 5.28. The lowest BCUT2D eigenvalue weighted by Crippen LogP contribution is -2.04. The molecule has 0 atom stereocenters. The van der Waals surface area contributed by atoms with Gasteiger partial charge in [-0.2, -0.15) is 13.2 Å². The van der Waals surface area contributed by atoms with E-state index in [1.807, 2.05) is 19.1 Å². The van der Waals surface area contributed by atoms with Gasteiger partial charge in [-0.15, -0.1) is 0 Å². The van der Waals surface area contributed by atoms with Gasteiger partial charge in [0.05, 0.1) is 5.56 Å². The molecule has 0 unspecified atom stereocenters. The largest absolute Gasteiger partial charge is 0.490 e. The summed E-state index contributed by atoms with van der Waals surface area (Å²) in [6, 6.07) is 4.67. The molecule has 1 rings (SSSR count). The zero-order valence-corrected chi connectivity index (χ0v) is 8.92. The van der Waals surface area contributed by atoms with Crippen LogP contribution in [0.4, 0.5) is 13.2 Å². The Labute approximate surface area is 92.5 Å². The van der Waals surface area contributed by atoms with Crippen molar-refractivity contribution in [1.29, 1.82) is 0 Å². The third-order valence-corrected chi connectivity index (χ3v) is 1.93. The average molecular weight is 230 g/mol. The number of rotatable bonds is 4. The lowest BCUT2D eigenvalue weighted by Gasteiger charge is -2.07. The normalized spacial score (nSPS) is 12.0. The number of ether oxygens (including phenoxy) is 1. The minimum absolute atomic E-state index is 0.374. The fourth-order valence-corrected chi connectivity index (χ4v) is 1.12. The van der Waals surface area contributed by atoms with Crippen molar-refractivity contribution < 1.29 is 17.9 Å². The number of benzene rings is 1. The Morgan fingerprint density at radius 1 is 1.12 bits per heavy atom. The smallest absolute Gasteiger partial charge is 0.416 e. The molecular formula is C12H13F3O. The second-order valence-corrected chi connectivity index (χ2v) is 3.21. The van der Waals surface area contributed by atoms with Crippen molar-refractivity contribution in [2.24, 2.45) is 0 Å². The highest BCUT2D eigenvalue weighted by Crippen LogP contribution is 2.30. The molecule has 0 amide bonds. The van der Waals surface area contributed by atoms with Crippen molar-refractivity contribution in [3.8, 4) is 5.75 Å². The van der Waals surface area contributed by atoms with E-state index in [0.717, 1.165) is 18.6 Å². The number of alkyl halides is 3. The van der Waals surface area contributed by atoms with E-state index in [1.54, 1.807) is 0 Å². The molecule has 0 radical (unpaired) electrons. The molecule has 0 bridgehead atoms. The standard InChI is InChI=1S/C12H13F3O/c1-2-3-4-9-16-11-7-5-10(6-8-11)12(13,14)15/h3-8H,2,9H2,1H3/b4-3-. The molecule has 0 fully saturated rings. The van der Waals surface area contributed by atoms with Gasteiger partial charge in [-0.05, 0) is 30.7 Å². The molecule has 0 aliphatic carbocycles. The Kier molecular flexibility index (Phi) is 4.40. The van der Waals surface area contributed by atoms with Gasteiger partial charge in [0.1, 0.15) is 12.4 Å². The Balaban J connectivity index is 2.55. The van der Waals surface area contributed by atoms with E-state index in [9.17, 15) is 13.2 Å². The van der Waals surface area contributed by atoms with Gasteiger partial charge in [0.25, 0.3) is 0 Å². The van der Waals surface area contributed by atoms with Crippen LogP contribution in [0.3, 0.4) is 0 Å². The topological polar surface area (TPSA) is 9.23 Å². The van der Waals surface area contributed by atoms with E-state index in [0.29, 0.717) is 12.4 Å². The van der Waals surface area contributed by atoms with Crippen molar-refractivity contribution in [3.05, 3.63) is 42.0 Å². The lowest BCUT2D eigenvalue weighted by atomic mass is 10.2. The molecule has 0 aliphatic heterocycles. The first kappa shape index (κ1) is 12.6. The molecule has 0 aromatic heterocycles. The van der Waals surface area contributed by atoms with Gasteiger partial charge in [-0.1, -0.05) is 19.1 Å². The Bertz CT molecular complexity index is 338. The fourth-order valence-electron chi connectivity index (χ4n) is 1.12. The van der Waals surface area contributed by atoms with Crippen molar-refractivity contribution >= 4 is 0 Å². The molecule has 1 aromatic carbocycles. The molecule has 16 heavy (non-hydrogen) atoms. The molecule has 0 N–H and O–H groups in total. The molecule has 0 saturated heterocycles. The minimum Gasteiger partial charge on any atom is -0.490 e. The first-order valence-electron chi connectivity index (χ1n) is 4.99. The summed E-state index contributed by atoms with van der Waals surface area (Å²) in [5.74, 6) is 0.439. The summed E-state index contributed by atoms with van der Waals surface area (Å²) in [6.07, 6.45) is 0.388. The molecule has 1 aromatic rings. The number of allylic oxidation sites excluding steroid dienone is 1. The van der Waals surface area contributed by atoms with Gasteiger partial charge in [0, 0.05) is 0 Å². The molecule has 0 saturated carbocycles. The van der Waals surface area contributed by atoms with Gasteiger partial charge in [-0.25, -0.2) is 0 Å². The van der Waals surface area contributed by atoms with Crippen LogP contribution in [-0.2, 0) is 6.18 Å². The van der Waals surface area contributed by atoms with E-state index in [4.69, 9.17) is 4.74 Å². The maximum atomic E-state index is 12.2. The maximum absolute atomic E-state index is 12.2. The van der Waals surface area contributed by atoms with Gasteiger partial charge in [0.15, 0.2) is 0 Å². The van der Waals surface area contributed by atoms with Crippen LogP contribution in [-0.4, -0.2) is 6.61 Å². The molecule has 0 heterocycles. The highest BCUT2D eigenvalue weighted by atomic mass is 19.4. The van der Waals surface area contributed by atoms with Crippen LogP contribution >= 0.6 is 0 Å². The minimum atomic E-state index is -4.29. The Morgan fingerprint density at radius 3 is 2.25 bits per heavy atom. The van der Waals surface area contributed by atoms with Crippen LogP contribution in [0.15, 0.2) is 36.4 Å². The molecular weight excluding hydrogens is 217 g/mol. The van der Waals surface area contributed by atoms with E-state index in [1.165, 1.54) is 12.1 Å². The van der Waals surface area contributed by atoms with Gasteiger partial charge < -0.3 is 4.74 Å². The molecule has 88 valence electrons. The summed E-state index contributed by atoms with van der Waals surface area (Å²) in [5.41, 5.74) is -0.663. The van der Waals surface area contributed by atoms with E-state index >= 15 is 0 Å². The highest BCUT2D eigenvalue weighted by Gasteiger charge is 2.29. The van der Waals surface area contributed by atoms with Crippen LogP contribution in [0.5, 0.6) is 5.75 Å². The summed E-state index contributed by atoms with van der Waals surface area (Å²) < 4.78 is 41.9. The third-order valence-electron chi connectivity index (χ3n) is 1.93. The van der Waals surface area contributed by atoms with Crippen molar-refractivity contribution in [2.45, 2.75) is 19.5 Å². The zero-order valence-electron chi connectivity index (χ0n) is 8.92. The quantitative estimate of drug-likeness (QED) is 0.709. The second-order valence-electron chi connectivity index (χ2n) is 3.21. The molecule has 4 heteroatoms. The van der Waals surface area contributed by atoms with E-state index in [-0.39, 0.29) is 0 Å². The summed E-state index contributed by atoms with van der Waals surface area (Å²) >= 11 is 0. The van der Waals surface area contributed by atoms with Crippen molar-refractivity contribution in [3.63, 3.8) is 0 Å². The third kappa shape index (κ3) is 3.96. The first-order chi connectivity index (χ1) is 7.54. The molecule has 0 spiro atoms. The predicted octanol–water partition coefficient (Wildman–Crippen LogP) is 4.05. The summed E-state index contributed by atoms with van der Waals surface area (Å²) in [6.45, 7) is 2.37. The fraction of sp³-hybridized carbons (Fsp3) is 0.333. The van der Waals surface area contributed by atoms with Crippen molar-refractivity contribution in [2.75, 3.05) is 6.61 Å². The maximum Gasteiger partial charge on any atom is 0.416 e. The molecule has 1 nitrogen and oxygen atoms in total. The summed E-state index contributed by atoms with van der Waals surface area (Å²) in [5, 5.41) is 0. The van der Waals surface area contributed by atoms with Crippen LogP contribution in [0.1, 0.15) is 18.9 Å². The average Bonchev–Trinajstić information content (AvgIpc) is 2.24. The summed E-state index contributed by atoms with van der Waals surface area (Å²) in [7, 11) is 0. The van der Waals surface area contributed by atoms with Crippen LogP contribution in [0.25, 0.3) is 0 Å². The monoisotopic (exact) mass is 230 g/mol. The van der Waals surface area contributed by atoms with Gasteiger partial charge in [-0.3, -0.25) is 0 Å². The zero-order chi connectivity index (χ0) is 12.0. The Morgan fingerprint density at radius 2 is 1.75 bits per heavy atom. The number of hydrogen-bond donors (Lipinski definition) is 0. The van der Waals surface area contributed by atoms with Gasteiger partial charge >= 0.3 is 6.18 Å². The summed E-state index contributed by atoms with van der Waals surface area (Å²) in [4.78, 5) is 0. The molecule has 0 aliphatic rings. The van der Waals surface area contributed by atoms with Crippen LogP contribution in [0, 0.1) is 0 Å². The SMILES string of the molecule is CC/C=C\COc1ccc(C(F)(F)F)cc1. The number of hydrogen-bond acceptors (Lipinski definition) is 1. The second kappa shape index (κ2) is 5.58. The predicted molar refractivity (Wildman–Crippen MR) is 56.4 cm³/mol. The lowest BCUT2D eigenvalue weighted by molar-refractivity contribution is -0.137. The van der Waals surface area contributed by atoms with Crippen LogP contribution < -0.4 is 4.74 Å². The number of halogens is 3.